The number of nitrogens with zero attached hydrogens (tertiary/aromatic N) is 2. The molecule has 1 aromatic heterocycles. The fraction of sp³-hybridized carbons (Fsp3) is 0.765. The number of piperidine rings is 1. The van der Waals surface area contributed by atoms with Gasteiger partial charge < -0.3 is 15.7 Å². The van der Waals surface area contributed by atoms with Gasteiger partial charge in [-0.15, -0.1) is 12.4 Å². The summed E-state index contributed by atoms with van der Waals surface area (Å²) in [6, 6.07) is 2.13. The molecule has 2 atom stereocenters. The van der Waals surface area contributed by atoms with Crippen molar-refractivity contribution >= 4 is 18.3 Å². The maximum atomic E-state index is 12.3. The first-order valence-electron chi connectivity index (χ1n) is 8.75. The van der Waals surface area contributed by atoms with Crippen LogP contribution in [-0.2, 0) is 0 Å². The fourth-order valence-corrected chi connectivity index (χ4v) is 3.20. The predicted molar refractivity (Wildman–Crippen MR) is 97.6 cm³/mol. The molecule has 6 nitrogen and oxygen atoms in total. The molecule has 1 saturated heterocycles. The fourth-order valence-electron chi connectivity index (χ4n) is 3.20. The molecule has 2 rings (SSSR count). The maximum Gasteiger partial charge on any atom is 0.271 e. The van der Waals surface area contributed by atoms with Gasteiger partial charge in [0.25, 0.3) is 5.91 Å². The standard InChI is InChI=1S/C17H30N4O2.ClH/c1-13(2)10-14(6-9-22)11-19-17(23)16-5-8-21(20-16)15-4-3-7-18-12-15;/h5,8,13-15,18,22H,3-4,6-7,9-12H2,1-2H3,(H,19,23);1H. The zero-order chi connectivity index (χ0) is 16.7. The quantitative estimate of drug-likeness (QED) is 0.664. The van der Waals surface area contributed by atoms with Crippen molar-refractivity contribution in [2.75, 3.05) is 26.2 Å². The third kappa shape index (κ3) is 6.42. The summed E-state index contributed by atoms with van der Waals surface area (Å²) in [4.78, 5) is 12.3. The summed E-state index contributed by atoms with van der Waals surface area (Å²) in [6.45, 7) is 7.05. The lowest BCUT2D eigenvalue weighted by Crippen LogP contribution is -2.33. The molecule has 0 spiro atoms. The Morgan fingerprint density at radius 2 is 2.33 bits per heavy atom. The van der Waals surface area contributed by atoms with E-state index in [9.17, 15) is 4.79 Å². The van der Waals surface area contributed by atoms with E-state index in [4.69, 9.17) is 5.11 Å². The van der Waals surface area contributed by atoms with Crippen molar-refractivity contribution in [2.45, 2.75) is 45.6 Å². The Hall–Kier alpha value is -1.11. The van der Waals surface area contributed by atoms with Gasteiger partial charge in [-0.25, -0.2) is 0 Å². The third-order valence-electron chi connectivity index (χ3n) is 4.38. The average molecular weight is 359 g/mol. The summed E-state index contributed by atoms with van der Waals surface area (Å²) >= 11 is 0. The number of rotatable bonds is 8. The highest BCUT2D eigenvalue weighted by atomic mass is 35.5. The first kappa shape index (κ1) is 20.9. The highest BCUT2D eigenvalue weighted by Gasteiger charge is 2.18. The number of carbonyl (C=O) groups is 1. The van der Waals surface area contributed by atoms with Crippen molar-refractivity contribution in [3.8, 4) is 0 Å². The van der Waals surface area contributed by atoms with Crippen molar-refractivity contribution < 1.29 is 9.90 Å². The van der Waals surface area contributed by atoms with Crippen LogP contribution in [0.4, 0.5) is 0 Å². The lowest BCUT2D eigenvalue weighted by atomic mass is 9.94. The van der Waals surface area contributed by atoms with E-state index in [-0.39, 0.29) is 24.9 Å². The van der Waals surface area contributed by atoms with Gasteiger partial charge in [-0.2, -0.15) is 5.10 Å². The Kier molecular flexibility index (Phi) is 9.33. The van der Waals surface area contributed by atoms with Crippen LogP contribution in [0.25, 0.3) is 0 Å². The van der Waals surface area contributed by atoms with Gasteiger partial charge in [-0.3, -0.25) is 9.48 Å². The second kappa shape index (κ2) is 10.7. The molecule has 2 heterocycles. The van der Waals surface area contributed by atoms with E-state index in [0.29, 0.717) is 30.1 Å². The molecular weight excluding hydrogens is 328 g/mol. The minimum absolute atomic E-state index is 0. The molecule has 3 N–H and O–H groups in total. The van der Waals surface area contributed by atoms with Gasteiger partial charge in [0, 0.05) is 25.9 Å². The van der Waals surface area contributed by atoms with Crippen molar-refractivity contribution in [1.29, 1.82) is 0 Å². The van der Waals surface area contributed by atoms with E-state index in [2.05, 4.69) is 29.6 Å². The van der Waals surface area contributed by atoms with E-state index in [1.165, 1.54) is 0 Å². The molecule has 0 aliphatic carbocycles. The number of halogens is 1. The van der Waals surface area contributed by atoms with E-state index in [0.717, 1.165) is 38.8 Å². The van der Waals surface area contributed by atoms with Crippen molar-refractivity contribution in [3.05, 3.63) is 18.0 Å². The molecule has 1 aliphatic heterocycles. The van der Waals surface area contributed by atoms with Gasteiger partial charge in [0.1, 0.15) is 5.69 Å². The molecule has 0 saturated carbocycles. The van der Waals surface area contributed by atoms with Gasteiger partial charge in [-0.05, 0) is 50.1 Å². The van der Waals surface area contributed by atoms with Crippen molar-refractivity contribution in [3.63, 3.8) is 0 Å². The second-order valence-electron chi connectivity index (χ2n) is 6.90. The van der Waals surface area contributed by atoms with Crippen LogP contribution in [0, 0.1) is 11.8 Å². The summed E-state index contributed by atoms with van der Waals surface area (Å²) in [6.07, 6.45) is 5.86. The zero-order valence-corrected chi connectivity index (χ0v) is 15.5. The summed E-state index contributed by atoms with van der Waals surface area (Å²) < 4.78 is 1.90. The van der Waals surface area contributed by atoms with Gasteiger partial charge in [0.15, 0.2) is 0 Å². The van der Waals surface area contributed by atoms with Gasteiger partial charge in [0.2, 0.25) is 0 Å². The maximum absolute atomic E-state index is 12.3. The molecular formula is C17H31ClN4O2. The Morgan fingerprint density at radius 1 is 1.54 bits per heavy atom. The summed E-state index contributed by atoms with van der Waals surface area (Å²) in [7, 11) is 0. The second-order valence-corrected chi connectivity index (χ2v) is 6.90. The molecule has 0 radical (unpaired) electrons. The smallest absolute Gasteiger partial charge is 0.271 e. The zero-order valence-electron chi connectivity index (χ0n) is 14.7. The summed E-state index contributed by atoms with van der Waals surface area (Å²) in [5.74, 6) is 0.745. The molecule has 0 bridgehead atoms. The first-order chi connectivity index (χ1) is 11.1. The minimum Gasteiger partial charge on any atom is -0.396 e. The molecule has 0 aromatic carbocycles. The topological polar surface area (TPSA) is 79.2 Å². The molecule has 1 amide bonds. The Bertz CT molecular complexity index is 487. The average Bonchev–Trinajstić information content (AvgIpc) is 3.03. The van der Waals surface area contributed by atoms with E-state index in [1.807, 2.05) is 10.9 Å². The Labute approximate surface area is 150 Å². The molecule has 1 aliphatic rings. The molecule has 24 heavy (non-hydrogen) atoms. The van der Waals surface area contributed by atoms with Crippen LogP contribution in [-0.4, -0.2) is 47.0 Å². The first-order valence-corrected chi connectivity index (χ1v) is 8.75. The van der Waals surface area contributed by atoms with Gasteiger partial charge in [0.05, 0.1) is 6.04 Å². The van der Waals surface area contributed by atoms with Crippen LogP contribution >= 0.6 is 12.4 Å². The predicted octanol–water partition coefficient (Wildman–Crippen LogP) is 2.00. The molecule has 2 unspecified atom stereocenters. The summed E-state index contributed by atoms with van der Waals surface area (Å²) in [5, 5.41) is 19.9. The third-order valence-corrected chi connectivity index (χ3v) is 4.38. The molecule has 1 aromatic rings. The van der Waals surface area contributed by atoms with Crippen LogP contribution in [0.1, 0.15) is 56.1 Å². The number of hydrogen-bond donors (Lipinski definition) is 3. The number of aliphatic hydroxyl groups is 1. The molecule has 138 valence electrons. The normalized spacial score (nSPS) is 18.9. The lowest BCUT2D eigenvalue weighted by molar-refractivity contribution is 0.0935. The molecule has 1 fully saturated rings. The monoisotopic (exact) mass is 358 g/mol. The van der Waals surface area contributed by atoms with Crippen LogP contribution in [0.3, 0.4) is 0 Å². The Balaban J connectivity index is 0.00000288. The molecule has 7 heteroatoms. The SMILES string of the molecule is CC(C)CC(CCO)CNC(=O)c1ccn(C2CCCNC2)n1.Cl. The van der Waals surface area contributed by atoms with E-state index < -0.39 is 0 Å². The van der Waals surface area contributed by atoms with Crippen molar-refractivity contribution in [2.24, 2.45) is 11.8 Å². The van der Waals surface area contributed by atoms with Crippen LogP contribution in [0.15, 0.2) is 12.3 Å². The highest BCUT2D eigenvalue weighted by molar-refractivity contribution is 5.92. The number of aliphatic hydroxyl groups excluding tert-OH is 1. The van der Waals surface area contributed by atoms with Crippen LogP contribution in [0.5, 0.6) is 0 Å². The summed E-state index contributed by atoms with van der Waals surface area (Å²) in [5.41, 5.74) is 0.475. The van der Waals surface area contributed by atoms with Gasteiger partial charge in [-0.1, -0.05) is 13.8 Å². The number of nitrogens with one attached hydrogen (secondary N) is 2. The van der Waals surface area contributed by atoms with Gasteiger partial charge >= 0.3 is 0 Å². The number of amides is 1. The largest absolute Gasteiger partial charge is 0.396 e. The Morgan fingerprint density at radius 3 is 2.96 bits per heavy atom. The van der Waals surface area contributed by atoms with Crippen LogP contribution in [0.2, 0.25) is 0 Å². The highest BCUT2D eigenvalue weighted by Crippen LogP contribution is 2.16. The van der Waals surface area contributed by atoms with Crippen molar-refractivity contribution in [1.82, 2.24) is 20.4 Å². The van der Waals surface area contributed by atoms with Crippen LogP contribution < -0.4 is 10.6 Å². The number of aromatic nitrogens is 2. The lowest BCUT2D eigenvalue weighted by Gasteiger charge is -2.22. The number of hydrogen-bond acceptors (Lipinski definition) is 4. The number of carbonyl (C=O) groups excluding carboxylic acids is 1. The minimum atomic E-state index is -0.126. The van der Waals surface area contributed by atoms with E-state index in [1.54, 1.807) is 6.07 Å². The van der Waals surface area contributed by atoms with E-state index >= 15 is 0 Å².